The van der Waals surface area contributed by atoms with Gasteiger partial charge in [0.1, 0.15) is 18.4 Å². The molecule has 3 rings (SSSR count). The van der Waals surface area contributed by atoms with E-state index in [4.69, 9.17) is 4.74 Å². The normalized spacial score (nSPS) is 15.4. The predicted molar refractivity (Wildman–Crippen MR) is 115 cm³/mol. The third kappa shape index (κ3) is 6.79. The minimum absolute atomic E-state index is 0.0425. The molecule has 2 amide bonds. The molecular weight excluding hydrogens is 424 g/mol. The van der Waals surface area contributed by atoms with E-state index in [1.54, 1.807) is 12.1 Å². The summed E-state index contributed by atoms with van der Waals surface area (Å²) in [5, 5.41) is 18.3. The number of thioether (sulfide) groups is 1. The Labute approximate surface area is 181 Å². The Hall–Kier alpha value is -3.44. The standard InChI is InChI=1S/C20H20N4O6S/c25-18(22-14-3-5-15(6-4-14)24(28)29)12-21-9-10-30-16-7-1-13(2-8-16)11-17-19(26)31-20(27)23-17/h1-8,17,21H,9-12H2,(H,22,25)(H,23,27). The number of carbonyl (C=O) groups is 3. The Morgan fingerprint density at radius 2 is 1.84 bits per heavy atom. The van der Waals surface area contributed by atoms with E-state index >= 15 is 0 Å². The quantitative estimate of drug-likeness (QED) is 0.288. The fourth-order valence-electron chi connectivity index (χ4n) is 2.80. The van der Waals surface area contributed by atoms with Gasteiger partial charge in [-0.15, -0.1) is 0 Å². The second-order valence-corrected chi connectivity index (χ2v) is 7.61. The van der Waals surface area contributed by atoms with E-state index < -0.39 is 11.0 Å². The van der Waals surface area contributed by atoms with Crippen molar-refractivity contribution in [3.05, 3.63) is 64.2 Å². The van der Waals surface area contributed by atoms with Crippen LogP contribution in [0.1, 0.15) is 5.56 Å². The van der Waals surface area contributed by atoms with Gasteiger partial charge in [-0.3, -0.25) is 24.5 Å². The first-order valence-electron chi connectivity index (χ1n) is 9.39. The molecule has 162 valence electrons. The van der Waals surface area contributed by atoms with Gasteiger partial charge in [0.05, 0.1) is 11.5 Å². The Bertz CT molecular complexity index is 965. The van der Waals surface area contributed by atoms with E-state index in [0.29, 0.717) is 42.8 Å². The van der Waals surface area contributed by atoms with Gasteiger partial charge in [0.25, 0.3) is 10.9 Å². The van der Waals surface area contributed by atoms with Gasteiger partial charge in [0.2, 0.25) is 11.0 Å². The largest absolute Gasteiger partial charge is 0.492 e. The van der Waals surface area contributed by atoms with E-state index in [1.807, 2.05) is 12.1 Å². The van der Waals surface area contributed by atoms with Crippen molar-refractivity contribution in [2.45, 2.75) is 12.5 Å². The number of nitrogens with one attached hydrogen (secondary N) is 3. The summed E-state index contributed by atoms with van der Waals surface area (Å²) < 4.78 is 5.61. The molecule has 1 saturated heterocycles. The van der Waals surface area contributed by atoms with E-state index in [-0.39, 0.29) is 28.5 Å². The second kappa shape index (κ2) is 10.5. The molecule has 0 radical (unpaired) electrons. The average molecular weight is 444 g/mol. The number of carbonyl (C=O) groups excluding carboxylic acids is 3. The van der Waals surface area contributed by atoms with Crippen LogP contribution in [0.25, 0.3) is 0 Å². The van der Waals surface area contributed by atoms with Gasteiger partial charge in [0.15, 0.2) is 0 Å². The number of hydrogen-bond donors (Lipinski definition) is 3. The fourth-order valence-corrected chi connectivity index (χ4v) is 3.47. The van der Waals surface area contributed by atoms with Gasteiger partial charge in [0, 0.05) is 42.5 Å². The molecule has 0 bridgehead atoms. The number of amides is 2. The summed E-state index contributed by atoms with van der Waals surface area (Å²) in [6.45, 7) is 0.853. The van der Waals surface area contributed by atoms with E-state index in [2.05, 4.69) is 16.0 Å². The third-order valence-corrected chi connectivity index (χ3v) is 5.12. The SMILES string of the molecule is O=C(CNCCOc1ccc(CC2NC(=O)SC2=O)cc1)Nc1ccc([N+](=O)[O-])cc1. The molecule has 0 aromatic heterocycles. The topological polar surface area (TPSA) is 140 Å². The highest BCUT2D eigenvalue weighted by Gasteiger charge is 2.31. The Balaban J connectivity index is 1.32. The molecule has 2 aromatic rings. The molecule has 1 aliphatic rings. The Kier molecular flexibility index (Phi) is 7.57. The van der Waals surface area contributed by atoms with Gasteiger partial charge in [-0.1, -0.05) is 12.1 Å². The molecule has 0 aliphatic carbocycles. The summed E-state index contributed by atoms with van der Waals surface area (Å²) in [4.78, 5) is 44.8. The van der Waals surface area contributed by atoms with Crippen molar-refractivity contribution >= 4 is 39.4 Å². The number of rotatable bonds is 10. The van der Waals surface area contributed by atoms with Gasteiger partial charge >= 0.3 is 0 Å². The molecule has 11 heteroatoms. The van der Waals surface area contributed by atoms with E-state index in [1.165, 1.54) is 24.3 Å². The molecule has 1 atom stereocenters. The van der Waals surface area contributed by atoms with Crippen molar-refractivity contribution < 1.29 is 24.0 Å². The van der Waals surface area contributed by atoms with Crippen LogP contribution in [-0.2, 0) is 16.0 Å². The first-order chi connectivity index (χ1) is 14.9. The first kappa shape index (κ1) is 22.2. The van der Waals surface area contributed by atoms with Crippen molar-refractivity contribution in [2.75, 3.05) is 25.0 Å². The number of nitrogens with zero attached hydrogens (tertiary/aromatic N) is 1. The van der Waals surface area contributed by atoms with Crippen LogP contribution in [0.5, 0.6) is 5.75 Å². The summed E-state index contributed by atoms with van der Waals surface area (Å²) >= 11 is 0.697. The Morgan fingerprint density at radius 3 is 2.45 bits per heavy atom. The lowest BCUT2D eigenvalue weighted by molar-refractivity contribution is -0.384. The Morgan fingerprint density at radius 1 is 1.13 bits per heavy atom. The van der Waals surface area contributed by atoms with E-state index in [9.17, 15) is 24.5 Å². The van der Waals surface area contributed by atoms with Crippen LogP contribution in [-0.4, -0.2) is 46.9 Å². The van der Waals surface area contributed by atoms with Crippen molar-refractivity contribution in [3.63, 3.8) is 0 Å². The van der Waals surface area contributed by atoms with E-state index in [0.717, 1.165) is 5.56 Å². The fraction of sp³-hybridized carbons (Fsp3) is 0.250. The maximum absolute atomic E-state index is 11.9. The summed E-state index contributed by atoms with van der Waals surface area (Å²) in [6.07, 6.45) is 0.434. The molecule has 31 heavy (non-hydrogen) atoms. The van der Waals surface area contributed by atoms with Crippen LogP contribution in [0.2, 0.25) is 0 Å². The van der Waals surface area contributed by atoms with Crippen molar-refractivity contribution in [1.29, 1.82) is 0 Å². The summed E-state index contributed by atoms with van der Waals surface area (Å²) in [7, 11) is 0. The summed E-state index contributed by atoms with van der Waals surface area (Å²) in [5.74, 6) is 0.377. The highest BCUT2D eigenvalue weighted by molar-refractivity contribution is 8.26. The number of benzene rings is 2. The van der Waals surface area contributed by atoms with Crippen molar-refractivity contribution in [2.24, 2.45) is 0 Å². The van der Waals surface area contributed by atoms with Crippen LogP contribution in [0.4, 0.5) is 16.2 Å². The zero-order valence-corrected chi connectivity index (χ0v) is 17.1. The highest BCUT2D eigenvalue weighted by atomic mass is 32.2. The van der Waals surface area contributed by atoms with Crippen LogP contribution in [0.15, 0.2) is 48.5 Å². The number of non-ortho nitro benzene ring substituents is 1. The van der Waals surface area contributed by atoms with Crippen LogP contribution in [0, 0.1) is 10.1 Å². The molecule has 10 nitrogen and oxygen atoms in total. The smallest absolute Gasteiger partial charge is 0.287 e. The van der Waals surface area contributed by atoms with Gasteiger partial charge in [-0.2, -0.15) is 0 Å². The number of hydrogen-bond acceptors (Lipinski definition) is 8. The zero-order valence-electron chi connectivity index (χ0n) is 16.3. The maximum Gasteiger partial charge on any atom is 0.287 e. The number of nitro benzene ring substituents is 1. The monoisotopic (exact) mass is 444 g/mol. The molecule has 1 unspecified atom stereocenters. The molecule has 1 heterocycles. The maximum atomic E-state index is 11.9. The lowest BCUT2D eigenvalue weighted by Crippen LogP contribution is -2.31. The third-order valence-electron chi connectivity index (χ3n) is 4.33. The molecular formula is C20H20N4O6S. The number of anilines is 1. The van der Waals surface area contributed by atoms with Gasteiger partial charge in [-0.25, -0.2) is 0 Å². The number of ether oxygens (including phenoxy) is 1. The molecule has 0 spiro atoms. The molecule has 0 saturated carbocycles. The second-order valence-electron chi connectivity index (χ2n) is 6.63. The number of nitro groups is 1. The van der Waals surface area contributed by atoms with Gasteiger partial charge < -0.3 is 20.7 Å². The predicted octanol–water partition coefficient (Wildman–Crippen LogP) is 2.10. The zero-order chi connectivity index (χ0) is 22.2. The average Bonchev–Trinajstić information content (AvgIpc) is 3.06. The van der Waals surface area contributed by atoms with Crippen molar-refractivity contribution in [1.82, 2.24) is 10.6 Å². The first-order valence-corrected chi connectivity index (χ1v) is 10.2. The van der Waals surface area contributed by atoms with Crippen LogP contribution >= 0.6 is 11.8 Å². The van der Waals surface area contributed by atoms with Crippen molar-refractivity contribution in [3.8, 4) is 5.75 Å². The summed E-state index contributed by atoms with van der Waals surface area (Å²) in [5.41, 5.74) is 1.35. The van der Waals surface area contributed by atoms with Crippen LogP contribution < -0.4 is 20.7 Å². The molecule has 3 N–H and O–H groups in total. The lowest BCUT2D eigenvalue weighted by Gasteiger charge is -2.10. The minimum atomic E-state index is -0.504. The van der Waals surface area contributed by atoms with Gasteiger partial charge in [-0.05, 0) is 29.8 Å². The lowest BCUT2D eigenvalue weighted by atomic mass is 10.1. The molecule has 1 aliphatic heterocycles. The van der Waals surface area contributed by atoms with Crippen LogP contribution in [0.3, 0.4) is 0 Å². The highest BCUT2D eigenvalue weighted by Crippen LogP contribution is 2.20. The molecule has 1 fully saturated rings. The minimum Gasteiger partial charge on any atom is -0.492 e. The summed E-state index contributed by atoms with van der Waals surface area (Å²) in [6, 6.07) is 12.3. The molecule has 2 aromatic carbocycles.